The third-order valence-corrected chi connectivity index (χ3v) is 5.95. The van der Waals surface area contributed by atoms with Crippen LogP contribution < -0.4 is 15.8 Å². The third-order valence-electron chi connectivity index (χ3n) is 4.57. The van der Waals surface area contributed by atoms with Crippen LogP contribution in [0.25, 0.3) is 5.82 Å². The van der Waals surface area contributed by atoms with Crippen LogP contribution in [-0.4, -0.2) is 25.7 Å². The minimum absolute atomic E-state index is 0.0214. The molecule has 8 nitrogen and oxygen atoms in total. The number of benzene rings is 1. The molecule has 0 aliphatic carbocycles. The van der Waals surface area contributed by atoms with E-state index in [1.54, 1.807) is 22.6 Å². The topological polar surface area (TPSA) is 108 Å². The molecule has 3 heterocycles. The van der Waals surface area contributed by atoms with E-state index in [2.05, 4.69) is 15.1 Å². The van der Waals surface area contributed by atoms with Crippen molar-refractivity contribution in [1.82, 2.24) is 19.7 Å². The number of carbonyl (C=O) groups is 1. The number of halogens is 7. The van der Waals surface area contributed by atoms with E-state index in [-0.39, 0.29) is 22.4 Å². The van der Waals surface area contributed by atoms with Gasteiger partial charge >= 0.3 is 6.18 Å². The molecule has 0 fully saturated rings. The molecule has 3 aromatic heterocycles. The summed E-state index contributed by atoms with van der Waals surface area (Å²) in [7, 11) is 0. The fourth-order valence-electron chi connectivity index (χ4n) is 3.04. The van der Waals surface area contributed by atoms with Gasteiger partial charge in [-0.15, -0.1) is 0 Å². The van der Waals surface area contributed by atoms with E-state index in [0.29, 0.717) is 26.6 Å². The first-order valence-electron chi connectivity index (χ1n) is 9.61. The summed E-state index contributed by atoms with van der Waals surface area (Å²) in [6, 6.07) is 5.39. The van der Waals surface area contributed by atoms with Crippen LogP contribution in [0.5, 0.6) is 11.5 Å². The smallest absolute Gasteiger partial charge is 0.434 e. The highest BCUT2D eigenvalue weighted by atomic mass is 127. The molecule has 1 amide bonds. The van der Waals surface area contributed by atoms with Gasteiger partial charge in [0.25, 0.3) is 5.91 Å². The van der Waals surface area contributed by atoms with Crippen molar-refractivity contribution in [3.8, 4) is 17.3 Å². The predicted molar refractivity (Wildman–Crippen MR) is 127 cm³/mol. The molecule has 0 unspecified atom stereocenters. The molecule has 0 bridgehead atoms. The second kappa shape index (κ2) is 9.85. The van der Waals surface area contributed by atoms with Crippen LogP contribution in [0.1, 0.15) is 16.1 Å². The minimum Gasteiger partial charge on any atom is -0.450 e. The largest absolute Gasteiger partial charge is 0.450 e. The number of ether oxygens (including phenoxy) is 1. The molecule has 0 aliphatic heterocycles. The Morgan fingerprint density at radius 2 is 1.83 bits per heavy atom. The van der Waals surface area contributed by atoms with Gasteiger partial charge in [-0.05, 0) is 34.7 Å². The highest BCUT2D eigenvalue weighted by Crippen LogP contribution is 2.36. The lowest BCUT2D eigenvalue weighted by molar-refractivity contribution is -0.143. The second-order valence-corrected chi connectivity index (χ2v) is 8.44. The molecule has 0 saturated carbocycles. The first kappa shape index (κ1) is 25.6. The van der Waals surface area contributed by atoms with Gasteiger partial charge in [0.15, 0.2) is 28.9 Å². The lowest BCUT2D eigenvalue weighted by atomic mass is 10.2. The maximum atomic E-state index is 14.6. The molecule has 0 atom stereocenters. The van der Waals surface area contributed by atoms with Crippen molar-refractivity contribution in [3.63, 3.8) is 0 Å². The van der Waals surface area contributed by atoms with Crippen molar-refractivity contribution >= 4 is 51.6 Å². The SMILES string of the molecule is Nc1nccc(Oc2c(F)cc(NC(=O)c3cnn(-c4ncccc4Cl)c3C(F)(F)F)cc2F)c1I. The summed E-state index contributed by atoms with van der Waals surface area (Å²) in [6.45, 7) is 0. The van der Waals surface area contributed by atoms with Crippen molar-refractivity contribution < 1.29 is 31.5 Å². The number of pyridine rings is 2. The summed E-state index contributed by atoms with van der Waals surface area (Å²) < 4.78 is 76.7. The van der Waals surface area contributed by atoms with E-state index in [1.807, 2.05) is 5.32 Å². The van der Waals surface area contributed by atoms with Crippen LogP contribution in [0.4, 0.5) is 33.5 Å². The van der Waals surface area contributed by atoms with Crippen LogP contribution in [0.2, 0.25) is 5.02 Å². The van der Waals surface area contributed by atoms with Crippen molar-refractivity contribution in [2.45, 2.75) is 6.18 Å². The van der Waals surface area contributed by atoms with E-state index in [1.165, 1.54) is 30.6 Å². The van der Waals surface area contributed by atoms with Gasteiger partial charge < -0.3 is 15.8 Å². The fourth-order valence-corrected chi connectivity index (χ4v) is 3.67. The Balaban J connectivity index is 1.65. The van der Waals surface area contributed by atoms with Crippen molar-refractivity contribution in [2.75, 3.05) is 11.1 Å². The highest BCUT2D eigenvalue weighted by molar-refractivity contribution is 14.1. The Hall–Kier alpha value is -3.53. The first-order valence-corrected chi connectivity index (χ1v) is 11.1. The maximum absolute atomic E-state index is 14.6. The van der Waals surface area contributed by atoms with E-state index in [9.17, 15) is 26.7 Å². The van der Waals surface area contributed by atoms with Crippen molar-refractivity contribution in [1.29, 1.82) is 0 Å². The Kier molecular flexibility index (Phi) is 6.99. The van der Waals surface area contributed by atoms with Gasteiger partial charge in [-0.1, -0.05) is 11.6 Å². The summed E-state index contributed by atoms with van der Waals surface area (Å²) in [5.41, 5.74) is 2.77. The number of nitrogens with two attached hydrogens (primary N) is 1. The first-order chi connectivity index (χ1) is 17.0. The molecular formula is C21H11ClF5IN6O2. The Morgan fingerprint density at radius 3 is 2.47 bits per heavy atom. The average molecular weight is 637 g/mol. The van der Waals surface area contributed by atoms with Gasteiger partial charge in [0, 0.05) is 36.3 Å². The monoisotopic (exact) mass is 636 g/mol. The fraction of sp³-hybridized carbons (Fsp3) is 0.0476. The number of aromatic nitrogens is 4. The van der Waals surface area contributed by atoms with E-state index in [0.717, 1.165) is 0 Å². The summed E-state index contributed by atoms with van der Waals surface area (Å²) >= 11 is 7.70. The van der Waals surface area contributed by atoms with Gasteiger partial charge in [-0.3, -0.25) is 4.79 Å². The predicted octanol–water partition coefficient (Wildman–Crippen LogP) is 5.84. The molecule has 1 aromatic carbocycles. The van der Waals surface area contributed by atoms with Gasteiger partial charge in [0.2, 0.25) is 0 Å². The zero-order valence-corrected chi connectivity index (χ0v) is 20.4. The standard InChI is InChI=1S/C21H11ClF5IN6O2/c22-11-2-1-4-31-19(11)34-17(21(25,26)27)10(8-32-34)20(35)33-9-6-12(23)16(13(24)7-9)36-14-3-5-30-18(29)15(14)28/h1-8H,(H2,29,30)(H,33,35). The van der Waals surface area contributed by atoms with Crippen LogP contribution >= 0.6 is 34.2 Å². The summed E-state index contributed by atoms with van der Waals surface area (Å²) in [6.07, 6.45) is -1.95. The number of nitrogens with one attached hydrogen (secondary N) is 1. The molecule has 0 aliphatic rings. The number of amides is 1. The number of rotatable bonds is 5. The van der Waals surface area contributed by atoms with Gasteiger partial charge in [-0.2, -0.15) is 18.3 Å². The molecule has 0 saturated heterocycles. The van der Waals surface area contributed by atoms with Crippen LogP contribution in [0, 0.1) is 15.2 Å². The molecule has 15 heteroatoms. The van der Waals surface area contributed by atoms with Gasteiger partial charge in [0.1, 0.15) is 11.6 Å². The zero-order valence-electron chi connectivity index (χ0n) is 17.4. The molecule has 4 rings (SSSR count). The van der Waals surface area contributed by atoms with Crippen LogP contribution in [0.15, 0.2) is 48.9 Å². The van der Waals surface area contributed by atoms with Crippen molar-refractivity contribution in [3.05, 3.63) is 80.4 Å². The number of carbonyl (C=O) groups excluding carboxylic acids is 1. The Labute approximate surface area is 217 Å². The number of hydrogen-bond acceptors (Lipinski definition) is 6. The molecule has 36 heavy (non-hydrogen) atoms. The van der Waals surface area contributed by atoms with E-state index in [4.69, 9.17) is 22.1 Å². The van der Waals surface area contributed by atoms with Crippen LogP contribution in [-0.2, 0) is 6.18 Å². The highest BCUT2D eigenvalue weighted by Gasteiger charge is 2.41. The molecule has 186 valence electrons. The van der Waals surface area contributed by atoms with E-state index >= 15 is 0 Å². The molecule has 3 N–H and O–H groups in total. The van der Waals surface area contributed by atoms with Gasteiger partial charge in [0.05, 0.1) is 20.4 Å². The van der Waals surface area contributed by atoms with Crippen molar-refractivity contribution in [2.24, 2.45) is 0 Å². The normalized spacial score (nSPS) is 11.4. The summed E-state index contributed by atoms with van der Waals surface area (Å²) in [4.78, 5) is 20.3. The van der Waals surface area contributed by atoms with E-state index < -0.39 is 46.4 Å². The molecular weight excluding hydrogens is 626 g/mol. The van der Waals surface area contributed by atoms with Crippen LogP contribution in [0.3, 0.4) is 0 Å². The number of alkyl halides is 3. The maximum Gasteiger partial charge on any atom is 0.434 e. The number of nitrogens with zero attached hydrogens (tertiary/aromatic N) is 4. The Bertz CT molecular complexity index is 1460. The minimum atomic E-state index is -5.05. The third kappa shape index (κ3) is 5.04. The Morgan fingerprint density at radius 1 is 1.14 bits per heavy atom. The number of hydrogen-bond donors (Lipinski definition) is 2. The molecule has 4 aromatic rings. The lowest BCUT2D eigenvalue weighted by Crippen LogP contribution is -2.21. The second-order valence-electron chi connectivity index (χ2n) is 6.96. The zero-order chi connectivity index (χ0) is 26.2. The molecule has 0 radical (unpaired) electrons. The quantitative estimate of drug-likeness (QED) is 0.211. The van der Waals surface area contributed by atoms with Gasteiger partial charge in [-0.25, -0.2) is 23.4 Å². The summed E-state index contributed by atoms with van der Waals surface area (Å²) in [5.74, 6) is -4.88. The molecule has 0 spiro atoms. The lowest BCUT2D eigenvalue weighted by Gasteiger charge is -2.14. The summed E-state index contributed by atoms with van der Waals surface area (Å²) in [5, 5.41) is 5.47. The number of nitrogen functional groups attached to an aromatic ring is 1. The average Bonchev–Trinajstić information content (AvgIpc) is 3.25. The number of anilines is 2.